The predicted molar refractivity (Wildman–Crippen MR) is 107 cm³/mol. The topological polar surface area (TPSA) is 66.4 Å². The Hall–Kier alpha value is -3.24. The monoisotopic (exact) mass is 371 g/mol. The number of benzene rings is 3. The van der Waals surface area contributed by atoms with Gasteiger partial charge in [-0.25, -0.2) is 0 Å². The largest absolute Gasteiger partial charge is 0.380 e. The molecule has 3 aromatic rings. The summed E-state index contributed by atoms with van der Waals surface area (Å²) in [6, 6.07) is 23.6. The zero-order valence-electron chi connectivity index (χ0n) is 15.3. The number of amides is 1. The minimum Gasteiger partial charge on any atom is -0.380 e. The highest BCUT2D eigenvalue weighted by Gasteiger charge is 2.27. The minimum atomic E-state index is -1.30. The maximum Gasteiger partial charge on any atom is 0.252 e. The summed E-state index contributed by atoms with van der Waals surface area (Å²) in [6.07, 6.45) is 0.265. The second-order valence-electron chi connectivity index (χ2n) is 7.07. The lowest BCUT2D eigenvalue weighted by atomic mass is 9.95. The minimum absolute atomic E-state index is 0.00658. The van der Waals surface area contributed by atoms with E-state index in [1.54, 1.807) is 48.5 Å². The Morgan fingerprint density at radius 3 is 1.96 bits per heavy atom. The lowest BCUT2D eigenvalue weighted by Crippen LogP contribution is -2.36. The van der Waals surface area contributed by atoms with Crippen LogP contribution in [0.15, 0.2) is 78.9 Å². The molecule has 3 aromatic carbocycles. The lowest BCUT2D eigenvalue weighted by molar-refractivity contribution is 0.0741. The van der Waals surface area contributed by atoms with Gasteiger partial charge in [0.25, 0.3) is 5.91 Å². The third kappa shape index (κ3) is 3.59. The molecule has 2 N–H and O–H groups in total. The van der Waals surface area contributed by atoms with Crippen molar-refractivity contribution in [1.29, 1.82) is 0 Å². The standard InChI is InChI=1S/C24H21NO3/c26-22(16-8-2-1-3-9-16)23(27)20-12-6-7-13-21(20)24(28)25-19-14-17-10-4-5-11-18(17)15-19/h1-13,19,22,26H,14-15H2,(H,25,28). The number of fused-ring (bicyclic) bond motifs is 1. The van der Waals surface area contributed by atoms with Crippen molar-refractivity contribution >= 4 is 11.7 Å². The fourth-order valence-corrected chi connectivity index (χ4v) is 3.75. The first-order valence-electron chi connectivity index (χ1n) is 9.37. The number of carbonyl (C=O) groups is 2. The second-order valence-corrected chi connectivity index (χ2v) is 7.07. The van der Waals surface area contributed by atoms with Crippen LogP contribution in [0.3, 0.4) is 0 Å². The van der Waals surface area contributed by atoms with Crippen LogP contribution in [0.25, 0.3) is 0 Å². The highest BCUT2D eigenvalue weighted by Crippen LogP contribution is 2.24. The van der Waals surface area contributed by atoms with E-state index >= 15 is 0 Å². The van der Waals surface area contributed by atoms with Gasteiger partial charge in [-0.2, -0.15) is 0 Å². The molecule has 4 rings (SSSR count). The number of aliphatic hydroxyl groups is 1. The summed E-state index contributed by atoms with van der Waals surface area (Å²) < 4.78 is 0. The van der Waals surface area contributed by atoms with Crippen LogP contribution < -0.4 is 5.32 Å². The van der Waals surface area contributed by atoms with E-state index in [1.165, 1.54) is 11.1 Å². The number of aliphatic hydroxyl groups excluding tert-OH is 1. The van der Waals surface area contributed by atoms with E-state index in [0.717, 1.165) is 12.8 Å². The van der Waals surface area contributed by atoms with Crippen molar-refractivity contribution in [3.05, 3.63) is 107 Å². The Morgan fingerprint density at radius 2 is 1.32 bits per heavy atom. The summed E-state index contributed by atoms with van der Waals surface area (Å²) in [5, 5.41) is 13.5. The molecule has 0 saturated carbocycles. The normalized spacial score (nSPS) is 14.3. The molecular weight excluding hydrogens is 350 g/mol. The summed E-state index contributed by atoms with van der Waals surface area (Å²) in [4.78, 5) is 25.7. The predicted octanol–water partition coefficient (Wildman–Crippen LogP) is 3.50. The molecule has 28 heavy (non-hydrogen) atoms. The Morgan fingerprint density at radius 1 is 0.786 bits per heavy atom. The molecule has 0 spiro atoms. The smallest absolute Gasteiger partial charge is 0.252 e. The van der Waals surface area contributed by atoms with Crippen LogP contribution in [-0.4, -0.2) is 22.8 Å². The van der Waals surface area contributed by atoms with Crippen LogP contribution in [0.2, 0.25) is 0 Å². The molecule has 1 unspecified atom stereocenters. The van der Waals surface area contributed by atoms with Crippen molar-refractivity contribution < 1.29 is 14.7 Å². The van der Waals surface area contributed by atoms with Gasteiger partial charge in [-0.05, 0) is 35.6 Å². The first kappa shape index (κ1) is 18.1. The van der Waals surface area contributed by atoms with E-state index in [2.05, 4.69) is 17.4 Å². The summed E-state index contributed by atoms with van der Waals surface area (Å²) in [5.41, 5.74) is 3.52. The van der Waals surface area contributed by atoms with E-state index in [1.807, 2.05) is 18.2 Å². The molecule has 4 nitrogen and oxygen atoms in total. The van der Waals surface area contributed by atoms with Gasteiger partial charge >= 0.3 is 0 Å². The van der Waals surface area contributed by atoms with Gasteiger partial charge in [0.05, 0.1) is 5.56 Å². The summed E-state index contributed by atoms with van der Waals surface area (Å²) in [6.45, 7) is 0. The number of hydrogen-bond donors (Lipinski definition) is 2. The van der Waals surface area contributed by atoms with Crippen molar-refractivity contribution in [2.75, 3.05) is 0 Å². The molecule has 0 saturated heterocycles. The van der Waals surface area contributed by atoms with Gasteiger partial charge in [0.1, 0.15) is 6.10 Å². The van der Waals surface area contributed by atoms with Crippen LogP contribution in [0, 0.1) is 0 Å². The average Bonchev–Trinajstić information content (AvgIpc) is 3.15. The molecule has 0 heterocycles. The van der Waals surface area contributed by atoms with Gasteiger partial charge < -0.3 is 10.4 Å². The molecule has 1 aliphatic rings. The summed E-state index contributed by atoms with van der Waals surface area (Å²) >= 11 is 0. The quantitative estimate of drug-likeness (QED) is 0.675. The summed E-state index contributed by atoms with van der Waals surface area (Å²) in [5.74, 6) is -0.770. The Balaban J connectivity index is 1.53. The van der Waals surface area contributed by atoms with E-state index in [0.29, 0.717) is 11.1 Å². The fourth-order valence-electron chi connectivity index (χ4n) is 3.75. The Labute approximate surface area is 163 Å². The molecule has 0 aliphatic heterocycles. The first-order valence-corrected chi connectivity index (χ1v) is 9.37. The molecular formula is C24H21NO3. The van der Waals surface area contributed by atoms with Gasteiger partial charge in [-0.15, -0.1) is 0 Å². The highest BCUT2D eigenvalue weighted by atomic mass is 16.3. The van der Waals surface area contributed by atoms with Crippen LogP contribution in [0.4, 0.5) is 0 Å². The molecule has 1 atom stereocenters. The first-order chi connectivity index (χ1) is 13.6. The van der Waals surface area contributed by atoms with Gasteiger partial charge in [0.15, 0.2) is 5.78 Å². The van der Waals surface area contributed by atoms with Crippen LogP contribution in [-0.2, 0) is 12.8 Å². The third-order valence-electron chi connectivity index (χ3n) is 5.19. The van der Waals surface area contributed by atoms with Crippen molar-refractivity contribution in [1.82, 2.24) is 5.32 Å². The average molecular weight is 371 g/mol. The number of ketones is 1. The molecule has 140 valence electrons. The highest BCUT2D eigenvalue weighted by molar-refractivity contribution is 6.09. The van der Waals surface area contributed by atoms with E-state index < -0.39 is 11.9 Å². The molecule has 1 amide bonds. The number of carbonyl (C=O) groups excluding carboxylic acids is 2. The molecule has 0 aromatic heterocycles. The number of rotatable bonds is 5. The maximum atomic E-state index is 12.9. The number of nitrogens with one attached hydrogen (secondary N) is 1. The molecule has 1 aliphatic carbocycles. The summed E-state index contributed by atoms with van der Waals surface area (Å²) in [7, 11) is 0. The molecule has 4 heteroatoms. The Bertz CT molecular complexity index is 988. The zero-order valence-corrected chi connectivity index (χ0v) is 15.3. The Kier molecular flexibility index (Phi) is 5.04. The van der Waals surface area contributed by atoms with Gasteiger partial charge in [0, 0.05) is 11.6 Å². The second kappa shape index (κ2) is 7.79. The van der Waals surface area contributed by atoms with Gasteiger partial charge in [0.2, 0.25) is 0 Å². The SMILES string of the molecule is O=C(NC1Cc2ccccc2C1)c1ccccc1C(=O)C(O)c1ccccc1. The maximum absolute atomic E-state index is 12.9. The van der Waals surface area contributed by atoms with Crippen LogP contribution in [0.5, 0.6) is 0 Å². The van der Waals surface area contributed by atoms with E-state index in [9.17, 15) is 14.7 Å². The van der Waals surface area contributed by atoms with Crippen molar-refractivity contribution in [2.24, 2.45) is 0 Å². The fraction of sp³-hybridized carbons (Fsp3) is 0.167. The molecule has 0 radical (unpaired) electrons. The number of hydrogen-bond acceptors (Lipinski definition) is 3. The number of Topliss-reactive ketones (excluding diaryl/α,β-unsaturated/α-hetero) is 1. The van der Waals surface area contributed by atoms with Crippen molar-refractivity contribution in [2.45, 2.75) is 25.0 Å². The van der Waals surface area contributed by atoms with E-state index in [4.69, 9.17) is 0 Å². The van der Waals surface area contributed by atoms with Crippen LogP contribution in [0.1, 0.15) is 43.5 Å². The zero-order chi connectivity index (χ0) is 19.5. The molecule has 0 fully saturated rings. The van der Waals surface area contributed by atoms with E-state index in [-0.39, 0.29) is 17.5 Å². The van der Waals surface area contributed by atoms with Crippen LogP contribution >= 0.6 is 0 Å². The lowest BCUT2D eigenvalue weighted by Gasteiger charge is -2.16. The van der Waals surface area contributed by atoms with Gasteiger partial charge in [-0.1, -0.05) is 72.8 Å². The third-order valence-corrected chi connectivity index (χ3v) is 5.19. The van der Waals surface area contributed by atoms with Gasteiger partial charge in [-0.3, -0.25) is 9.59 Å². The molecule has 0 bridgehead atoms. The van der Waals surface area contributed by atoms with Crippen molar-refractivity contribution in [3.63, 3.8) is 0 Å². The van der Waals surface area contributed by atoms with Crippen molar-refractivity contribution in [3.8, 4) is 0 Å².